The number of aromatic hydroxyl groups is 1. The minimum atomic E-state index is -1.64. The van der Waals surface area contributed by atoms with Crippen LogP contribution in [0.15, 0.2) is 18.2 Å². The number of hydrogen-bond donors (Lipinski definition) is 7. The molecule has 12 nitrogen and oxygen atoms in total. The number of benzene rings is 1. The molecule has 0 radical (unpaired) electrons. The molecule has 0 bridgehead atoms. The summed E-state index contributed by atoms with van der Waals surface area (Å²) in [7, 11) is 1.34. The summed E-state index contributed by atoms with van der Waals surface area (Å²) < 4.78 is 26.4. The van der Waals surface area contributed by atoms with E-state index in [1.165, 1.54) is 25.3 Å². The molecule has 30 heavy (non-hydrogen) atoms. The Morgan fingerprint density at radius 1 is 0.933 bits per heavy atom. The molecule has 0 aromatic heterocycles. The van der Waals surface area contributed by atoms with Crippen LogP contribution in [-0.2, 0) is 14.2 Å². The quantitative estimate of drug-likeness (QED) is 0.241. The Labute approximate surface area is 171 Å². The Kier molecular flexibility index (Phi) is 7.34. The van der Waals surface area contributed by atoms with E-state index in [0.717, 1.165) is 0 Å². The van der Waals surface area contributed by atoms with E-state index in [0.29, 0.717) is 0 Å². The van der Waals surface area contributed by atoms with Gasteiger partial charge in [-0.3, -0.25) is 0 Å². The zero-order valence-corrected chi connectivity index (χ0v) is 16.0. The van der Waals surface area contributed by atoms with Crippen LogP contribution in [0.25, 0.3) is 0 Å². The molecule has 170 valence electrons. The minimum Gasteiger partial charge on any atom is -0.504 e. The molecule has 0 spiro atoms. The number of rotatable bonds is 6. The SMILES string of the molecule is COc1cc(OC2OC(COC3OCC(O)C(O)C3O)C(O)C(O)C2O)ccc1O. The lowest BCUT2D eigenvalue weighted by Crippen LogP contribution is -2.61. The van der Waals surface area contributed by atoms with Crippen LogP contribution >= 0.6 is 0 Å². The van der Waals surface area contributed by atoms with Gasteiger partial charge in [-0.15, -0.1) is 0 Å². The van der Waals surface area contributed by atoms with E-state index < -0.39 is 61.9 Å². The van der Waals surface area contributed by atoms with Crippen molar-refractivity contribution >= 4 is 0 Å². The van der Waals surface area contributed by atoms with Crippen molar-refractivity contribution in [3.05, 3.63) is 18.2 Å². The van der Waals surface area contributed by atoms with Gasteiger partial charge in [0, 0.05) is 6.07 Å². The fourth-order valence-electron chi connectivity index (χ4n) is 3.13. The van der Waals surface area contributed by atoms with Gasteiger partial charge in [0.2, 0.25) is 6.29 Å². The third-order valence-corrected chi connectivity index (χ3v) is 4.95. The highest BCUT2D eigenvalue weighted by atomic mass is 16.7. The maximum Gasteiger partial charge on any atom is 0.229 e. The van der Waals surface area contributed by atoms with E-state index in [1.807, 2.05) is 0 Å². The monoisotopic (exact) mass is 434 g/mol. The first kappa shape index (κ1) is 22.9. The van der Waals surface area contributed by atoms with Crippen molar-refractivity contribution in [3.8, 4) is 17.2 Å². The van der Waals surface area contributed by atoms with Crippen molar-refractivity contribution in [2.24, 2.45) is 0 Å². The van der Waals surface area contributed by atoms with Gasteiger partial charge >= 0.3 is 0 Å². The average molecular weight is 434 g/mol. The molecule has 2 heterocycles. The van der Waals surface area contributed by atoms with Crippen LogP contribution in [0, 0.1) is 0 Å². The summed E-state index contributed by atoms with van der Waals surface area (Å²) in [6, 6.07) is 4.03. The van der Waals surface area contributed by atoms with Crippen LogP contribution in [0.4, 0.5) is 0 Å². The number of aliphatic hydroxyl groups excluding tert-OH is 6. The summed E-state index contributed by atoms with van der Waals surface area (Å²) in [6.45, 7) is -0.666. The van der Waals surface area contributed by atoms with E-state index in [2.05, 4.69) is 0 Å². The van der Waals surface area contributed by atoms with Crippen molar-refractivity contribution in [2.45, 2.75) is 55.3 Å². The van der Waals surface area contributed by atoms with Crippen molar-refractivity contribution < 1.29 is 59.4 Å². The van der Waals surface area contributed by atoms with Crippen LogP contribution in [0.1, 0.15) is 0 Å². The maximum absolute atomic E-state index is 10.2. The third kappa shape index (κ3) is 4.77. The van der Waals surface area contributed by atoms with E-state index >= 15 is 0 Å². The molecular weight excluding hydrogens is 408 g/mol. The summed E-state index contributed by atoms with van der Waals surface area (Å²) >= 11 is 0. The molecular formula is C18H26O12. The smallest absolute Gasteiger partial charge is 0.229 e. The predicted molar refractivity (Wildman–Crippen MR) is 95.7 cm³/mol. The maximum atomic E-state index is 10.2. The molecule has 7 N–H and O–H groups in total. The lowest BCUT2D eigenvalue weighted by atomic mass is 9.99. The van der Waals surface area contributed by atoms with Gasteiger partial charge in [0.05, 0.1) is 20.3 Å². The van der Waals surface area contributed by atoms with Crippen LogP contribution in [-0.4, -0.2) is 111 Å². The van der Waals surface area contributed by atoms with Gasteiger partial charge in [-0.1, -0.05) is 0 Å². The van der Waals surface area contributed by atoms with Gasteiger partial charge in [-0.25, -0.2) is 0 Å². The summed E-state index contributed by atoms with van der Waals surface area (Å²) in [5, 5.41) is 69.2. The molecule has 2 aliphatic heterocycles. The van der Waals surface area contributed by atoms with E-state index in [4.69, 9.17) is 23.7 Å². The second kappa shape index (κ2) is 9.60. The van der Waals surface area contributed by atoms with Crippen LogP contribution in [0.2, 0.25) is 0 Å². The lowest BCUT2D eigenvalue weighted by Gasteiger charge is -2.41. The second-order valence-corrected chi connectivity index (χ2v) is 7.05. The van der Waals surface area contributed by atoms with Crippen molar-refractivity contribution in [1.29, 1.82) is 0 Å². The summed E-state index contributed by atoms with van der Waals surface area (Å²) in [6.07, 6.45) is -13.0. The number of ether oxygens (including phenoxy) is 5. The molecule has 3 rings (SSSR count). The standard InChI is InChI=1S/C18H26O12/c1-26-10-4-7(2-3-8(10)19)29-18-16(25)14(23)13(22)11(30-18)6-28-17-15(24)12(21)9(20)5-27-17/h2-4,9,11-25H,5-6H2,1H3. The number of phenols is 1. The van der Waals surface area contributed by atoms with Gasteiger partial charge in [0.25, 0.3) is 0 Å². The van der Waals surface area contributed by atoms with E-state index in [9.17, 15) is 35.7 Å². The van der Waals surface area contributed by atoms with E-state index in [-0.39, 0.29) is 23.9 Å². The van der Waals surface area contributed by atoms with Crippen molar-refractivity contribution in [2.75, 3.05) is 20.3 Å². The highest BCUT2D eigenvalue weighted by Crippen LogP contribution is 2.32. The summed E-state index contributed by atoms with van der Waals surface area (Å²) in [5.74, 6) is 0.137. The topological polar surface area (TPSA) is 188 Å². The second-order valence-electron chi connectivity index (χ2n) is 7.05. The first-order valence-corrected chi connectivity index (χ1v) is 9.23. The first-order valence-electron chi connectivity index (χ1n) is 9.23. The summed E-state index contributed by atoms with van der Waals surface area (Å²) in [5.41, 5.74) is 0. The minimum absolute atomic E-state index is 0.113. The predicted octanol–water partition coefficient (Wildman–Crippen LogP) is -2.96. The molecule has 9 unspecified atom stereocenters. The molecule has 2 fully saturated rings. The Morgan fingerprint density at radius 3 is 2.33 bits per heavy atom. The fraction of sp³-hybridized carbons (Fsp3) is 0.667. The lowest BCUT2D eigenvalue weighted by molar-refractivity contribution is -0.307. The van der Waals surface area contributed by atoms with Crippen molar-refractivity contribution in [3.63, 3.8) is 0 Å². The number of aliphatic hydroxyl groups is 6. The zero-order chi connectivity index (χ0) is 22.0. The van der Waals surface area contributed by atoms with Crippen LogP contribution in [0.3, 0.4) is 0 Å². The normalized spacial score (nSPS) is 39.5. The third-order valence-electron chi connectivity index (χ3n) is 4.95. The van der Waals surface area contributed by atoms with Gasteiger partial charge < -0.3 is 59.4 Å². The van der Waals surface area contributed by atoms with Gasteiger partial charge in [0.1, 0.15) is 48.5 Å². The van der Waals surface area contributed by atoms with Crippen molar-refractivity contribution in [1.82, 2.24) is 0 Å². The van der Waals surface area contributed by atoms with Crippen LogP contribution in [0.5, 0.6) is 17.2 Å². The average Bonchev–Trinajstić information content (AvgIpc) is 2.74. The first-order chi connectivity index (χ1) is 14.2. The Hall–Kier alpha value is -1.74. The Bertz CT molecular complexity index is 702. The highest BCUT2D eigenvalue weighted by Gasteiger charge is 2.46. The number of hydrogen-bond acceptors (Lipinski definition) is 12. The highest BCUT2D eigenvalue weighted by molar-refractivity contribution is 5.44. The Morgan fingerprint density at radius 2 is 1.63 bits per heavy atom. The molecule has 1 aromatic carbocycles. The Balaban J connectivity index is 1.64. The largest absolute Gasteiger partial charge is 0.504 e. The number of phenolic OH excluding ortho intramolecular Hbond substituents is 1. The zero-order valence-electron chi connectivity index (χ0n) is 16.0. The number of methoxy groups -OCH3 is 1. The molecule has 0 amide bonds. The molecule has 2 aliphatic rings. The summed E-state index contributed by atoms with van der Waals surface area (Å²) in [4.78, 5) is 0. The molecule has 2 saturated heterocycles. The van der Waals surface area contributed by atoms with Gasteiger partial charge in [0.15, 0.2) is 17.8 Å². The van der Waals surface area contributed by atoms with Gasteiger partial charge in [-0.05, 0) is 12.1 Å². The fourth-order valence-corrected chi connectivity index (χ4v) is 3.13. The van der Waals surface area contributed by atoms with E-state index in [1.54, 1.807) is 0 Å². The molecule has 1 aromatic rings. The van der Waals surface area contributed by atoms with Crippen LogP contribution < -0.4 is 9.47 Å². The molecule has 12 heteroatoms. The molecule has 9 atom stereocenters. The molecule has 0 aliphatic carbocycles. The molecule has 0 saturated carbocycles. The van der Waals surface area contributed by atoms with Gasteiger partial charge in [-0.2, -0.15) is 0 Å².